The lowest BCUT2D eigenvalue weighted by Gasteiger charge is -2.60. The highest BCUT2D eigenvalue weighted by molar-refractivity contribution is 6.62. The maximum Gasteiger partial charge on any atom is 0.433 e. The third-order valence-electron chi connectivity index (χ3n) is 6.25. The molecule has 4 aromatic rings. The van der Waals surface area contributed by atoms with Crippen molar-refractivity contribution in [2.75, 3.05) is 0 Å². The molecule has 33 heavy (non-hydrogen) atoms. The topological polar surface area (TPSA) is 70.2 Å². The van der Waals surface area contributed by atoms with E-state index in [2.05, 4.69) is 20.3 Å². The van der Waals surface area contributed by atoms with E-state index in [-0.39, 0.29) is 28.5 Å². The summed E-state index contributed by atoms with van der Waals surface area (Å²) in [6, 6.07) is 1.11. The first-order valence-electron chi connectivity index (χ1n) is 9.51. The molecule has 150 valence electrons. The summed E-state index contributed by atoms with van der Waals surface area (Å²) in [4.78, 5) is 4.21. The minimum atomic E-state index is -4.85. The Bertz CT molecular complexity index is 1440. The van der Waals surface area contributed by atoms with Crippen LogP contribution in [-0.2, 0) is 17.8 Å². The van der Waals surface area contributed by atoms with Crippen molar-refractivity contribution in [1.29, 1.82) is 0 Å². The van der Waals surface area contributed by atoms with E-state index in [0.717, 1.165) is 12.3 Å². The van der Waals surface area contributed by atoms with E-state index in [1.165, 1.54) is 6.20 Å². The zero-order valence-electron chi connectivity index (χ0n) is 16.8. The fourth-order valence-electron chi connectivity index (χ4n) is 4.43. The molecule has 0 aliphatic heterocycles. The number of aromatic nitrogens is 5. The molecule has 15 heteroatoms. The number of hydrogen-bond acceptors (Lipinski definition) is 3. The predicted octanol–water partition coefficient (Wildman–Crippen LogP) is 1.61. The van der Waals surface area contributed by atoms with Crippen LogP contribution in [0.3, 0.4) is 0 Å². The zero-order valence-corrected chi connectivity index (χ0v) is 16.8. The Balaban J connectivity index is 2.03. The van der Waals surface area contributed by atoms with Crippen LogP contribution in [0, 0.1) is 5.82 Å². The van der Waals surface area contributed by atoms with E-state index >= 15 is 4.39 Å². The van der Waals surface area contributed by atoms with Crippen LogP contribution < -0.4 is 0 Å². The largest absolute Gasteiger partial charge is 0.433 e. The molecule has 0 saturated carbocycles. The van der Waals surface area contributed by atoms with Gasteiger partial charge < -0.3 is 0 Å². The maximum atomic E-state index is 15.1. The molecule has 5 nitrogen and oxygen atoms in total. The van der Waals surface area contributed by atoms with Crippen LogP contribution in [0.2, 0.25) is 10.4 Å². The molecule has 0 unspecified atom stereocenters. The molecule has 3 aromatic heterocycles. The number of nitrogens with zero attached hydrogens (tertiary/aromatic N) is 3. The molecule has 1 aliphatic carbocycles. The van der Waals surface area contributed by atoms with E-state index in [4.69, 9.17) is 47.1 Å². The summed E-state index contributed by atoms with van der Waals surface area (Å²) >= 11 is 0. The number of aromatic amines is 2. The summed E-state index contributed by atoms with van der Waals surface area (Å²) in [5.74, 6) is -0.834. The van der Waals surface area contributed by atoms with Crippen LogP contribution in [-0.4, -0.2) is 72.5 Å². The second-order valence-electron chi connectivity index (χ2n) is 8.34. The third-order valence-corrected chi connectivity index (χ3v) is 6.25. The zero-order chi connectivity index (χ0) is 24.1. The number of fused-ring (bicyclic) bond motifs is 5. The van der Waals surface area contributed by atoms with E-state index in [0.29, 0.717) is 10.9 Å². The first kappa shape index (κ1) is 22.2. The second kappa shape index (κ2) is 6.51. The Morgan fingerprint density at radius 1 is 0.970 bits per heavy atom. The van der Waals surface area contributed by atoms with E-state index in [1.807, 2.05) is 5.10 Å². The Morgan fingerprint density at radius 2 is 1.64 bits per heavy atom. The van der Waals surface area contributed by atoms with Gasteiger partial charge in [0.15, 0.2) is 5.82 Å². The van der Waals surface area contributed by atoms with E-state index < -0.39 is 44.6 Å². The van der Waals surface area contributed by atoms with Crippen molar-refractivity contribution in [3.63, 3.8) is 0 Å². The van der Waals surface area contributed by atoms with Crippen LogP contribution in [0.5, 0.6) is 0 Å². The molecule has 5 rings (SSSR count). The summed E-state index contributed by atoms with van der Waals surface area (Å²) < 4.78 is 56.2. The average molecular weight is 434 g/mol. The van der Waals surface area contributed by atoms with Crippen molar-refractivity contribution in [2.24, 2.45) is 0 Å². The number of halogens is 4. The van der Waals surface area contributed by atoms with Crippen LogP contribution in [0.1, 0.15) is 16.8 Å². The highest BCUT2D eigenvalue weighted by Crippen LogP contribution is 2.61. The standard InChI is InChI=1S/C18H7B6F4N5/c19-15(20)2-5-10-6-3-29-32-9(6)1-8(25)13(10)31-12(11(5)16(21,22)18(15,23)24)7-4-30-33-14(7)17(26,27)28/h1,3-4H,2H2,(H,29,32)(H,30,33). The first-order valence-corrected chi connectivity index (χ1v) is 9.51. The van der Waals surface area contributed by atoms with Crippen molar-refractivity contribution in [3.05, 3.63) is 41.1 Å². The monoisotopic (exact) mass is 435 g/mol. The molecule has 0 fully saturated rings. The van der Waals surface area contributed by atoms with Crippen LogP contribution in [0.15, 0.2) is 18.5 Å². The molecule has 0 bridgehead atoms. The Kier molecular flexibility index (Phi) is 4.38. The maximum absolute atomic E-state index is 15.1. The van der Waals surface area contributed by atoms with Crippen molar-refractivity contribution >= 4 is 68.9 Å². The number of alkyl halides is 3. The normalized spacial score (nSPS) is 19.0. The van der Waals surface area contributed by atoms with Crippen molar-refractivity contribution in [2.45, 2.75) is 28.2 Å². The van der Waals surface area contributed by atoms with Crippen LogP contribution >= 0.6 is 0 Å². The molecule has 0 atom stereocenters. The van der Waals surface area contributed by atoms with Gasteiger partial charge in [-0.3, -0.25) is 10.2 Å². The third kappa shape index (κ3) is 2.83. The van der Waals surface area contributed by atoms with Gasteiger partial charge in [-0.05, 0) is 17.5 Å². The van der Waals surface area contributed by atoms with Gasteiger partial charge in [0, 0.05) is 16.8 Å². The van der Waals surface area contributed by atoms with E-state index in [9.17, 15) is 13.2 Å². The minimum Gasteiger partial charge on any atom is -0.278 e. The van der Waals surface area contributed by atoms with Gasteiger partial charge in [-0.25, -0.2) is 9.37 Å². The number of rotatable bonds is 1. The number of H-pyrrole nitrogens is 2. The quantitative estimate of drug-likeness (QED) is 0.354. The Labute approximate surface area is 192 Å². The Hall–Kier alpha value is -2.58. The summed E-state index contributed by atoms with van der Waals surface area (Å²) in [5.41, 5.74) is -2.14. The SMILES string of the molecule is [B]C1([B])Cc2c(c(-c3cn[nH]c3C(F)(F)F)nc3c(F)cc4[nH]ncc4c23)C([B])([B])C1([B])[B]. The number of hydrogen-bond donors (Lipinski definition) is 2. The van der Waals surface area contributed by atoms with Gasteiger partial charge in [0.25, 0.3) is 0 Å². The molecular formula is C18H7B6F4N5. The molecule has 12 radical (unpaired) electrons. The Morgan fingerprint density at radius 3 is 2.30 bits per heavy atom. The van der Waals surface area contributed by atoms with Crippen molar-refractivity contribution in [3.8, 4) is 11.3 Å². The lowest BCUT2D eigenvalue weighted by molar-refractivity contribution is -0.140. The van der Waals surface area contributed by atoms with E-state index in [1.54, 1.807) is 0 Å². The molecular weight excluding hydrogens is 427 g/mol. The molecule has 2 N–H and O–H groups in total. The molecule has 0 spiro atoms. The van der Waals surface area contributed by atoms with Gasteiger partial charge in [0.1, 0.15) is 11.2 Å². The smallest absolute Gasteiger partial charge is 0.278 e. The van der Waals surface area contributed by atoms with Gasteiger partial charge in [-0.15, -0.1) is 10.4 Å². The highest BCUT2D eigenvalue weighted by atomic mass is 19.4. The number of pyridine rings is 1. The molecule has 0 amide bonds. The van der Waals surface area contributed by atoms with Gasteiger partial charge >= 0.3 is 6.18 Å². The molecule has 1 aliphatic rings. The first-order chi connectivity index (χ1) is 15.2. The minimum absolute atomic E-state index is 0.150. The van der Waals surface area contributed by atoms with Gasteiger partial charge in [-0.1, -0.05) is 5.21 Å². The summed E-state index contributed by atoms with van der Waals surface area (Å²) in [5, 5.41) is 6.05. The second-order valence-corrected chi connectivity index (χ2v) is 8.34. The lowest BCUT2D eigenvalue weighted by atomic mass is 9.14. The fourth-order valence-corrected chi connectivity index (χ4v) is 4.43. The van der Waals surface area contributed by atoms with Gasteiger partial charge in [0.05, 0.1) is 76.2 Å². The summed E-state index contributed by atoms with van der Waals surface area (Å²) in [7, 11) is 37.4. The number of benzene rings is 1. The highest BCUT2D eigenvalue weighted by Gasteiger charge is 2.52. The summed E-state index contributed by atoms with van der Waals surface area (Å²) in [6.45, 7) is 0. The molecule has 3 heterocycles. The van der Waals surface area contributed by atoms with Crippen LogP contribution in [0.25, 0.3) is 33.1 Å². The predicted molar refractivity (Wildman–Crippen MR) is 119 cm³/mol. The van der Waals surface area contributed by atoms with Crippen molar-refractivity contribution < 1.29 is 17.6 Å². The number of nitrogens with one attached hydrogen (secondary N) is 2. The lowest BCUT2D eigenvalue weighted by Crippen LogP contribution is -2.55. The van der Waals surface area contributed by atoms with Crippen LogP contribution in [0.4, 0.5) is 17.6 Å². The van der Waals surface area contributed by atoms with Crippen molar-refractivity contribution in [1.82, 2.24) is 25.4 Å². The van der Waals surface area contributed by atoms with Gasteiger partial charge in [-0.2, -0.15) is 23.4 Å². The van der Waals surface area contributed by atoms with Gasteiger partial charge in [0.2, 0.25) is 0 Å². The fraction of sp³-hybridized carbons (Fsp3) is 0.278. The molecule has 0 saturated heterocycles. The summed E-state index contributed by atoms with van der Waals surface area (Å²) in [6.07, 6.45) is -2.88. The molecule has 1 aromatic carbocycles. The average Bonchev–Trinajstić information content (AvgIpc) is 3.34.